The van der Waals surface area contributed by atoms with Crippen molar-refractivity contribution in [1.82, 2.24) is 15.2 Å². The molecule has 100 valence electrons. The van der Waals surface area contributed by atoms with E-state index in [0.717, 1.165) is 5.56 Å². The standard InChI is InChI=1S/C14H11N3O3/c1-19-10-2-3-11(12(18)8-10)14-17-16-13(20-14)9-4-6-15-7-5-9/h2-8,18H,1H3. The third-order valence-corrected chi connectivity index (χ3v) is 2.79. The van der Waals surface area contributed by atoms with Gasteiger partial charge < -0.3 is 14.3 Å². The maximum Gasteiger partial charge on any atom is 0.251 e. The van der Waals surface area contributed by atoms with Crippen molar-refractivity contribution in [1.29, 1.82) is 0 Å². The summed E-state index contributed by atoms with van der Waals surface area (Å²) in [4.78, 5) is 3.93. The molecule has 0 unspecified atom stereocenters. The molecule has 3 aromatic rings. The molecule has 1 aromatic carbocycles. The summed E-state index contributed by atoms with van der Waals surface area (Å²) in [6.07, 6.45) is 3.29. The Morgan fingerprint density at radius 3 is 2.50 bits per heavy atom. The number of methoxy groups -OCH3 is 1. The van der Waals surface area contributed by atoms with E-state index in [9.17, 15) is 5.11 Å². The molecule has 0 bridgehead atoms. The fraction of sp³-hybridized carbons (Fsp3) is 0.0714. The highest BCUT2D eigenvalue weighted by atomic mass is 16.5. The van der Waals surface area contributed by atoms with Crippen LogP contribution in [0.2, 0.25) is 0 Å². The molecule has 2 heterocycles. The smallest absolute Gasteiger partial charge is 0.251 e. The van der Waals surface area contributed by atoms with Crippen LogP contribution in [0.5, 0.6) is 11.5 Å². The Morgan fingerprint density at radius 2 is 1.80 bits per heavy atom. The minimum atomic E-state index is 0.0225. The molecule has 0 spiro atoms. The monoisotopic (exact) mass is 269 g/mol. The van der Waals surface area contributed by atoms with Crippen LogP contribution in [-0.2, 0) is 0 Å². The quantitative estimate of drug-likeness (QED) is 0.786. The maximum atomic E-state index is 9.94. The first kappa shape index (κ1) is 12.2. The Kier molecular flexibility index (Phi) is 3.04. The van der Waals surface area contributed by atoms with Crippen LogP contribution in [0.15, 0.2) is 47.1 Å². The molecule has 0 amide bonds. The van der Waals surface area contributed by atoms with Gasteiger partial charge in [0.1, 0.15) is 11.5 Å². The molecule has 0 radical (unpaired) electrons. The second-order valence-corrected chi connectivity index (χ2v) is 4.03. The van der Waals surface area contributed by atoms with Crippen LogP contribution in [0.1, 0.15) is 0 Å². The van der Waals surface area contributed by atoms with E-state index in [2.05, 4.69) is 15.2 Å². The van der Waals surface area contributed by atoms with Gasteiger partial charge in [-0.25, -0.2) is 0 Å². The van der Waals surface area contributed by atoms with E-state index in [1.54, 1.807) is 36.7 Å². The molecule has 0 aliphatic heterocycles. The summed E-state index contributed by atoms with van der Waals surface area (Å²) in [6.45, 7) is 0. The number of aromatic nitrogens is 3. The number of rotatable bonds is 3. The van der Waals surface area contributed by atoms with Crippen molar-refractivity contribution in [2.45, 2.75) is 0 Å². The molecule has 0 aliphatic carbocycles. The van der Waals surface area contributed by atoms with E-state index in [0.29, 0.717) is 17.2 Å². The second-order valence-electron chi connectivity index (χ2n) is 4.03. The van der Waals surface area contributed by atoms with Gasteiger partial charge in [0.05, 0.1) is 12.7 Å². The Bertz CT molecular complexity index is 726. The highest BCUT2D eigenvalue weighted by Crippen LogP contribution is 2.32. The molecule has 0 fully saturated rings. The highest BCUT2D eigenvalue weighted by molar-refractivity contribution is 5.65. The lowest BCUT2D eigenvalue weighted by Crippen LogP contribution is -1.84. The highest BCUT2D eigenvalue weighted by Gasteiger charge is 2.14. The zero-order valence-electron chi connectivity index (χ0n) is 10.6. The lowest BCUT2D eigenvalue weighted by molar-refractivity contribution is 0.407. The summed E-state index contributed by atoms with van der Waals surface area (Å²) in [5.41, 5.74) is 1.23. The SMILES string of the molecule is COc1ccc(-c2nnc(-c3ccncc3)o2)c(O)c1. The fourth-order valence-corrected chi connectivity index (χ4v) is 1.76. The summed E-state index contributed by atoms with van der Waals surface area (Å²) >= 11 is 0. The van der Waals surface area contributed by atoms with Gasteiger partial charge in [-0.3, -0.25) is 4.98 Å². The Morgan fingerprint density at radius 1 is 1.05 bits per heavy atom. The van der Waals surface area contributed by atoms with Gasteiger partial charge in [0.15, 0.2) is 0 Å². The zero-order valence-corrected chi connectivity index (χ0v) is 10.6. The average molecular weight is 269 g/mol. The number of phenolic OH excluding ortho intramolecular Hbond substituents is 1. The molecule has 0 saturated carbocycles. The predicted molar refractivity (Wildman–Crippen MR) is 71.2 cm³/mol. The van der Waals surface area contributed by atoms with Crippen LogP contribution >= 0.6 is 0 Å². The van der Waals surface area contributed by atoms with Gasteiger partial charge in [-0.15, -0.1) is 10.2 Å². The Balaban J connectivity index is 1.98. The fourth-order valence-electron chi connectivity index (χ4n) is 1.76. The van der Waals surface area contributed by atoms with E-state index in [4.69, 9.17) is 9.15 Å². The third kappa shape index (κ3) is 2.18. The topological polar surface area (TPSA) is 81.3 Å². The number of hydrogen-bond donors (Lipinski definition) is 1. The van der Waals surface area contributed by atoms with Gasteiger partial charge in [-0.05, 0) is 24.3 Å². The third-order valence-electron chi connectivity index (χ3n) is 2.79. The van der Waals surface area contributed by atoms with Crippen molar-refractivity contribution in [3.05, 3.63) is 42.7 Å². The van der Waals surface area contributed by atoms with Gasteiger partial charge in [-0.1, -0.05) is 0 Å². The first-order valence-corrected chi connectivity index (χ1v) is 5.89. The normalized spacial score (nSPS) is 10.4. The van der Waals surface area contributed by atoms with E-state index < -0.39 is 0 Å². The summed E-state index contributed by atoms with van der Waals surface area (Å²) < 4.78 is 10.6. The number of hydrogen-bond acceptors (Lipinski definition) is 6. The number of ether oxygens (including phenoxy) is 1. The Labute approximate surface area is 114 Å². The molecule has 2 aromatic heterocycles. The predicted octanol–water partition coefficient (Wildman–Crippen LogP) is 2.51. The molecule has 6 heteroatoms. The number of benzene rings is 1. The van der Waals surface area contributed by atoms with E-state index in [1.807, 2.05) is 0 Å². The van der Waals surface area contributed by atoms with Crippen molar-refractivity contribution >= 4 is 0 Å². The van der Waals surface area contributed by atoms with Gasteiger partial charge in [0.25, 0.3) is 5.89 Å². The van der Waals surface area contributed by atoms with Crippen LogP contribution in [0, 0.1) is 0 Å². The maximum absolute atomic E-state index is 9.94. The molecule has 6 nitrogen and oxygen atoms in total. The van der Waals surface area contributed by atoms with Gasteiger partial charge >= 0.3 is 0 Å². The van der Waals surface area contributed by atoms with Crippen molar-refractivity contribution in [2.75, 3.05) is 7.11 Å². The van der Waals surface area contributed by atoms with Crippen LogP contribution in [-0.4, -0.2) is 27.4 Å². The van der Waals surface area contributed by atoms with Gasteiger partial charge in [0, 0.05) is 24.0 Å². The zero-order chi connectivity index (χ0) is 13.9. The van der Waals surface area contributed by atoms with Crippen LogP contribution in [0.4, 0.5) is 0 Å². The largest absolute Gasteiger partial charge is 0.507 e. The van der Waals surface area contributed by atoms with Crippen molar-refractivity contribution in [2.24, 2.45) is 0 Å². The lowest BCUT2D eigenvalue weighted by atomic mass is 10.2. The summed E-state index contributed by atoms with van der Waals surface area (Å²) in [6, 6.07) is 8.41. The molecular weight excluding hydrogens is 258 g/mol. The first-order valence-electron chi connectivity index (χ1n) is 5.89. The van der Waals surface area contributed by atoms with Gasteiger partial charge in [-0.2, -0.15) is 0 Å². The van der Waals surface area contributed by atoms with Crippen LogP contribution in [0.3, 0.4) is 0 Å². The van der Waals surface area contributed by atoms with Crippen LogP contribution in [0.25, 0.3) is 22.9 Å². The Hall–Kier alpha value is -2.89. The molecule has 0 aliphatic rings. The number of nitrogens with zero attached hydrogens (tertiary/aromatic N) is 3. The minimum Gasteiger partial charge on any atom is -0.507 e. The average Bonchev–Trinajstić information content (AvgIpc) is 2.97. The first-order chi connectivity index (χ1) is 9.78. The van der Waals surface area contributed by atoms with E-state index >= 15 is 0 Å². The lowest BCUT2D eigenvalue weighted by Gasteiger charge is -2.03. The second kappa shape index (κ2) is 5.00. The van der Waals surface area contributed by atoms with Crippen LogP contribution < -0.4 is 4.74 Å². The summed E-state index contributed by atoms with van der Waals surface area (Å²) in [5.74, 6) is 1.20. The van der Waals surface area contributed by atoms with Crippen molar-refractivity contribution in [3.8, 4) is 34.4 Å². The molecule has 1 N–H and O–H groups in total. The van der Waals surface area contributed by atoms with E-state index in [-0.39, 0.29) is 11.6 Å². The van der Waals surface area contributed by atoms with Gasteiger partial charge in [0.2, 0.25) is 5.89 Å². The van der Waals surface area contributed by atoms with Crippen molar-refractivity contribution in [3.63, 3.8) is 0 Å². The number of pyridine rings is 1. The molecule has 3 rings (SSSR count). The molecular formula is C14H11N3O3. The number of aromatic hydroxyl groups is 1. The van der Waals surface area contributed by atoms with E-state index in [1.165, 1.54) is 13.2 Å². The molecule has 0 atom stereocenters. The summed E-state index contributed by atoms with van der Waals surface area (Å²) in [5, 5.41) is 17.8. The summed E-state index contributed by atoms with van der Waals surface area (Å²) in [7, 11) is 1.53. The molecule has 0 saturated heterocycles. The minimum absolute atomic E-state index is 0.0225. The number of phenols is 1. The molecule has 20 heavy (non-hydrogen) atoms. The van der Waals surface area contributed by atoms with Crippen molar-refractivity contribution < 1.29 is 14.3 Å².